The van der Waals surface area contributed by atoms with E-state index >= 15 is 0 Å². The summed E-state index contributed by atoms with van der Waals surface area (Å²) in [6.07, 6.45) is 3.95. The fourth-order valence-electron chi connectivity index (χ4n) is 3.37. The molecule has 0 saturated heterocycles. The van der Waals surface area contributed by atoms with Crippen molar-refractivity contribution < 1.29 is 0 Å². The van der Waals surface area contributed by atoms with Gasteiger partial charge in [-0.3, -0.25) is 0 Å². The van der Waals surface area contributed by atoms with Crippen LogP contribution in [-0.4, -0.2) is 9.78 Å². The van der Waals surface area contributed by atoms with Crippen molar-refractivity contribution in [2.45, 2.75) is 33.1 Å². The third-order valence-corrected chi connectivity index (χ3v) is 5.87. The molecule has 0 amide bonds. The Hall–Kier alpha value is -1.28. The molecule has 1 fully saturated rings. The zero-order valence-electron chi connectivity index (χ0n) is 12.5. The minimum absolute atomic E-state index is 0.0254. The lowest BCUT2D eigenvalue weighted by Crippen LogP contribution is -1.99. The summed E-state index contributed by atoms with van der Waals surface area (Å²) in [6.45, 7) is 9.20. The Morgan fingerprint density at radius 2 is 1.70 bits per heavy atom. The van der Waals surface area contributed by atoms with Gasteiger partial charge in [-0.1, -0.05) is 45.9 Å². The van der Waals surface area contributed by atoms with Crippen molar-refractivity contribution in [3.8, 4) is 5.69 Å². The highest BCUT2D eigenvalue weighted by Gasteiger charge is 2.67. The van der Waals surface area contributed by atoms with Gasteiger partial charge >= 0.3 is 0 Å². The molecule has 1 saturated carbocycles. The van der Waals surface area contributed by atoms with Crippen molar-refractivity contribution in [3.05, 3.63) is 48.3 Å². The fraction of sp³-hybridized carbons (Fsp3) is 0.471. The number of hydrogen-bond acceptors (Lipinski definition) is 1. The van der Waals surface area contributed by atoms with E-state index < -0.39 is 0 Å². The summed E-state index contributed by atoms with van der Waals surface area (Å²) in [5.74, 6) is 0.491. The molecule has 2 nitrogen and oxygen atoms in total. The number of halogens is 1. The standard InChI is InChI=1S/C17H21ClN2/c1-16(2)15(17(16,3)4)14(18)12-10-19-20(11-12)13-8-6-5-7-9-13/h5-11,14-15H,1-4H3. The summed E-state index contributed by atoms with van der Waals surface area (Å²) < 4.78 is 1.90. The zero-order chi connectivity index (χ0) is 14.5. The summed E-state index contributed by atoms with van der Waals surface area (Å²) in [5.41, 5.74) is 2.75. The van der Waals surface area contributed by atoms with E-state index in [-0.39, 0.29) is 16.2 Å². The summed E-state index contributed by atoms with van der Waals surface area (Å²) in [4.78, 5) is 0. The molecule has 1 aliphatic rings. The molecule has 1 heterocycles. The first-order chi connectivity index (χ1) is 9.35. The molecular formula is C17H21ClN2. The van der Waals surface area contributed by atoms with Crippen molar-refractivity contribution in [2.75, 3.05) is 0 Å². The van der Waals surface area contributed by atoms with Gasteiger partial charge in [0.25, 0.3) is 0 Å². The highest BCUT2D eigenvalue weighted by Crippen LogP contribution is 2.73. The lowest BCUT2D eigenvalue weighted by atomic mass is 10.0. The predicted octanol–water partition coefficient (Wildman–Crippen LogP) is 4.83. The predicted molar refractivity (Wildman–Crippen MR) is 83.2 cm³/mol. The second-order valence-electron chi connectivity index (χ2n) is 6.88. The number of rotatable bonds is 3. The maximum Gasteiger partial charge on any atom is 0.0655 e. The second kappa shape index (κ2) is 4.36. The van der Waals surface area contributed by atoms with Crippen LogP contribution in [0.3, 0.4) is 0 Å². The maximum atomic E-state index is 6.72. The second-order valence-corrected chi connectivity index (χ2v) is 7.35. The summed E-state index contributed by atoms with van der Waals surface area (Å²) in [5, 5.41) is 4.47. The van der Waals surface area contributed by atoms with Crippen LogP contribution < -0.4 is 0 Å². The molecule has 1 atom stereocenters. The van der Waals surface area contributed by atoms with Crippen molar-refractivity contribution in [1.29, 1.82) is 0 Å². The Morgan fingerprint density at radius 1 is 1.10 bits per heavy atom. The van der Waals surface area contributed by atoms with E-state index in [1.807, 2.05) is 41.2 Å². The third kappa shape index (κ3) is 1.89. The van der Waals surface area contributed by atoms with Gasteiger partial charge in [-0.05, 0) is 28.9 Å². The number of alkyl halides is 1. The van der Waals surface area contributed by atoms with Gasteiger partial charge in [0, 0.05) is 11.8 Å². The normalized spacial score (nSPS) is 21.6. The molecule has 1 aromatic heterocycles. The molecule has 3 heteroatoms. The van der Waals surface area contributed by atoms with E-state index in [1.54, 1.807) is 0 Å². The Morgan fingerprint density at radius 3 is 2.25 bits per heavy atom. The van der Waals surface area contributed by atoms with Crippen molar-refractivity contribution in [1.82, 2.24) is 9.78 Å². The molecule has 3 rings (SSSR count). The van der Waals surface area contributed by atoms with Crippen molar-refractivity contribution in [2.24, 2.45) is 16.7 Å². The molecule has 1 unspecified atom stereocenters. The first kappa shape index (κ1) is 13.7. The highest BCUT2D eigenvalue weighted by atomic mass is 35.5. The van der Waals surface area contributed by atoms with Gasteiger partial charge in [-0.15, -0.1) is 11.6 Å². The average Bonchev–Trinajstić information content (AvgIpc) is 2.76. The highest BCUT2D eigenvalue weighted by molar-refractivity contribution is 6.21. The van der Waals surface area contributed by atoms with Crippen LogP contribution in [-0.2, 0) is 0 Å². The van der Waals surface area contributed by atoms with Crippen LogP contribution in [0.1, 0.15) is 38.6 Å². The number of benzene rings is 1. The number of hydrogen-bond donors (Lipinski definition) is 0. The van der Waals surface area contributed by atoms with Crippen LogP contribution in [0.15, 0.2) is 42.7 Å². The molecule has 0 bridgehead atoms. The first-order valence-electron chi connectivity index (χ1n) is 7.10. The van der Waals surface area contributed by atoms with Crippen molar-refractivity contribution in [3.63, 3.8) is 0 Å². The van der Waals surface area contributed by atoms with E-state index in [0.717, 1.165) is 11.3 Å². The molecular weight excluding hydrogens is 268 g/mol. The lowest BCUT2D eigenvalue weighted by Gasteiger charge is -2.09. The van der Waals surface area contributed by atoms with E-state index in [0.29, 0.717) is 5.92 Å². The van der Waals surface area contributed by atoms with Crippen LogP contribution >= 0.6 is 11.6 Å². The van der Waals surface area contributed by atoms with Gasteiger partial charge in [0.1, 0.15) is 0 Å². The van der Waals surface area contributed by atoms with Crippen molar-refractivity contribution >= 4 is 11.6 Å². The van der Waals surface area contributed by atoms with Crippen LogP contribution in [0.4, 0.5) is 0 Å². The Bertz CT molecular complexity index is 599. The zero-order valence-corrected chi connectivity index (χ0v) is 13.2. The summed E-state index contributed by atoms with van der Waals surface area (Å²) in [7, 11) is 0. The Labute approximate surface area is 125 Å². The van der Waals surface area contributed by atoms with Crippen LogP contribution in [0.25, 0.3) is 5.69 Å². The third-order valence-electron chi connectivity index (χ3n) is 5.37. The van der Waals surface area contributed by atoms with Gasteiger partial charge in [-0.25, -0.2) is 4.68 Å². The SMILES string of the molecule is CC1(C)C(C(Cl)c2cnn(-c3ccccc3)c2)C1(C)C. The molecule has 106 valence electrons. The number of para-hydroxylation sites is 1. The number of nitrogens with zero attached hydrogens (tertiary/aromatic N) is 2. The Kier molecular flexibility index (Phi) is 2.98. The van der Waals surface area contributed by atoms with Gasteiger partial charge in [0.2, 0.25) is 0 Å². The smallest absolute Gasteiger partial charge is 0.0655 e. The topological polar surface area (TPSA) is 17.8 Å². The van der Waals surface area contributed by atoms with E-state index in [1.165, 1.54) is 0 Å². The van der Waals surface area contributed by atoms with Crippen LogP contribution in [0.5, 0.6) is 0 Å². The maximum absolute atomic E-state index is 6.72. The van der Waals surface area contributed by atoms with E-state index in [4.69, 9.17) is 11.6 Å². The molecule has 0 N–H and O–H groups in total. The van der Waals surface area contributed by atoms with Gasteiger partial charge in [0.15, 0.2) is 0 Å². The molecule has 1 aromatic carbocycles. The largest absolute Gasteiger partial charge is 0.241 e. The monoisotopic (exact) mass is 288 g/mol. The quantitative estimate of drug-likeness (QED) is 0.739. The fourth-order valence-corrected chi connectivity index (χ4v) is 4.12. The Balaban J connectivity index is 1.85. The van der Waals surface area contributed by atoms with Crippen LogP contribution in [0.2, 0.25) is 0 Å². The summed E-state index contributed by atoms with van der Waals surface area (Å²) in [6, 6.07) is 10.1. The molecule has 0 aliphatic heterocycles. The molecule has 20 heavy (non-hydrogen) atoms. The number of aromatic nitrogens is 2. The molecule has 2 aromatic rings. The van der Waals surface area contributed by atoms with Gasteiger partial charge in [0.05, 0.1) is 17.3 Å². The molecule has 1 aliphatic carbocycles. The minimum Gasteiger partial charge on any atom is -0.241 e. The van der Waals surface area contributed by atoms with Gasteiger partial charge < -0.3 is 0 Å². The minimum atomic E-state index is 0.0254. The molecule has 0 radical (unpaired) electrons. The first-order valence-corrected chi connectivity index (χ1v) is 7.53. The van der Waals surface area contributed by atoms with Gasteiger partial charge in [-0.2, -0.15) is 5.10 Å². The van der Waals surface area contributed by atoms with E-state index in [9.17, 15) is 0 Å². The lowest BCUT2D eigenvalue weighted by molar-refractivity contribution is 0.457. The van der Waals surface area contributed by atoms with Crippen LogP contribution in [0, 0.1) is 16.7 Å². The summed E-state index contributed by atoms with van der Waals surface area (Å²) >= 11 is 6.72. The van der Waals surface area contributed by atoms with E-state index in [2.05, 4.69) is 39.0 Å². The average molecular weight is 289 g/mol. The molecule has 0 spiro atoms.